The predicted octanol–water partition coefficient (Wildman–Crippen LogP) is 2.74. The van der Waals surface area contributed by atoms with Gasteiger partial charge in [-0.15, -0.1) is 0 Å². The molecular formula is C14H23N3. The molecule has 1 aliphatic heterocycles. The van der Waals surface area contributed by atoms with Crippen molar-refractivity contribution in [1.29, 1.82) is 0 Å². The van der Waals surface area contributed by atoms with Gasteiger partial charge in [-0.3, -0.25) is 4.90 Å². The molecule has 17 heavy (non-hydrogen) atoms. The zero-order valence-corrected chi connectivity index (χ0v) is 11.1. The van der Waals surface area contributed by atoms with Crippen molar-refractivity contribution >= 4 is 5.82 Å². The van der Waals surface area contributed by atoms with E-state index < -0.39 is 0 Å². The molecule has 1 aromatic rings. The first-order chi connectivity index (χ1) is 8.19. The summed E-state index contributed by atoms with van der Waals surface area (Å²) in [6, 6.07) is 6.93. The zero-order chi connectivity index (χ0) is 12.3. The van der Waals surface area contributed by atoms with Gasteiger partial charge >= 0.3 is 0 Å². The lowest BCUT2D eigenvalue weighted by Crippen LogP contribution is -2.27. The van der Waals surface area contributed by atoms with Crippen molar-refractivity contribution in [3.8, 4) is 0 Å². The van der Waals surface area contributed by atoms with Crippen molar-refractivity contribution in [2.75, 3.05) is 18.4 Å². The molecule has 1 aliphatic rings. The van der Waals surface area contributed by atoms with Crippen molar-refractivity contribution in [2.24, 2.45) is 5.92 Å². The quantitative estimate of drug-likeness (QED) is 0.866. The molecule has 1 fully saturated rings. The van der Waals surface area contributed by atoms with Crippen LogP contribution in [0.3, 0.4) is 0 Å². The average molecular weight is 233 g/mol. The average Bonchev–Trinajstić information content (AvgIpc) is 2.58. The van der Waals surface area contributed by atoms with Crippen LogP contribution in [0.15, 0.2) is 18.2 Å². The lowest BCUT2D eigenvalue weighted by Gasteiger charge is -2.20. The third-order valence-electron chi connectivity index (χ3n) is 3.44. The summed E-state index contributed by atoms with van der Waals surface area (Å²) in [7, 11) is 0. The Morgan fingerprint density at radius 3 is 2.88 bits per heavy atom. The molecule has 1 aromatic heterocycles. The highest BCUT2D eigenvalue weighted by Crippen LogP contribution is 2.23. The van der Waals surface area contributed by atoms with E-state index in [-0.39, 0.29) is 0 Å². The summed E-state index contributed by atoms with van der Waals surface area (Å²) >= 11 is 0. The summed E-state index contributed by atoms with van der Waals surface area (Å²) < 4.78 is 0. The molecule has 3 nitrogen and oxygen atoms in total. The van der Waals surface area contributed by atoms with Crippen molar-refractivity contribution in [2.45, 2.75) is 39.8 Å². The first-order valence-corrected chi connectivity index (χ1v) is 6.63. The van der Waals surface area contributed by atoms with Crippen LogP contribution in [0, 0.1) is 5.92 Å². The Labute approximate surface area is 104 Å². The molecule has 2 rings (SSSR count). The van der Waals surface area contributed by atoms with Crippen LogP contribution in [-0.2, 0) is 6.54 Å². The molecule has 2 heterocycles. The summed E-state index contributed by atoms with van der Waals surface area (Å²) in [6.45, 7) is 9.85. The number of likely N-dealkylation sites (tertiary alicyclic amines) is 1. The van der Waals surface area contributed by atoms with Gasteiger partial charge in [0.1, 0.15) is 5.82 Å². The van der Waals surface area contributed by atoms with E-state index in [4.69, 9.17) is 0 Å². The van der Waals surface area contributed by atoms with Crippen molar-refractivity contribution in [3.05, 3.63) is 23.9 Å². The Morgan fingerprint density at radius 2 is 2.24 bits per heavy atom. The Balaban J connectivity index is 2.00. The molecule has 0 spiro atoms. The summed E-state index contributed by atoms with van der Waals surface area (Å²) in [5.74, 6) is 1.81. The van der Waals surface area contributed by atoms with E-state index in [1.165, 1.54) is 18.7 Å². The van der Waals surface area contributed by atoms with E-state index in [0.717, 1.165) is 24.8 Å². The molecule has 94 valence electrons. The molecule has 0 amide bonds. The third-order valence-corrected chi connectivity index (χ3v) is 3.44. The summed E-state index contributed by atoms with van der Waals surface area (Å²) in [5, 5.41) is 3.26. The van der Waals surface area contributed by atoms with Crippen LogP contribution >= 0.6 is 0 Å². The molecule has 0 bridgehead atoms. The van der Waals surface area contributed by atoms with Crippen molar-refractivity contribution < 1.29 is 0 Å². The van der Waals surface area contributed by atoms with E-state index in [0.29, 0.717) is 6.04 Å². The lowest BCUT2D eigenvalue weighted by molar-refractivity contribution is 0.253. The molecule has 0 saturated carbocycles. The number of hydrogen-bond donors (Lipinski definition) is 1. The highest BCUT2D eigenvalue weighted by molar-refractivity contribution is 5.35. The van der Waals surface area contributed by atoms with Gasteiger partial charge < -0.3 is 5.32 Å². The highest BCUT2D eigenvalue weighted by Gasteiger charge is 2.25. The number of nitrogens with one attached hydrogen (secondary N) is 1. The van der Waals surface area contributed by atoms with Crippen LogP contribution in [0.4, 0.5) is 5.82 Å². The third kappa shape index (κ3) is 3.19. The zero-order valence-electron chi connectivity index (χ0n) is 11.1. The first-order valence-electron chi connectivity index (χ1n) is 6.63. The molecule has 2 atom stereocenters. The van der Waals surface area contributed by atoms with Gasteiger partial charge in [0.15, 0.2) is 0 Å². The number of rotatable bonds is 4. The van der Waals surface area contributed by atoms with Crippen LogP contribution in [0.5, 0.6) is 0 Å². The standard InChI is InChI=1S/C14H23N3/c1-4-15-14-7-5-6-13(16-14)10-17-9-11(2)8-12(17)3/h5-7,11-12H,4,8-10H2,1-3H3,(H,15,16). The second-order valence-electron chi connectivity index (χ2n) is 5.16. The van der Waals surface area contributed by atoms with Gasteiger partial charge in [-0.25, -0.2) is 4.98 Å². The fourth-order valence-electron chi connectivity index (χ4n) is 2.66. The molecule has 1 saturated heterocycles. The summed E-state index contributed by atoms with van der Waals surface area (Å²) in [6.07, 6.45) is 1.31. The van der Waals surface area contributed by atoms with Gasteiger partial charge in [-0.1, -0.05) is 13.0 Å². The Kier molecular flexibility index (Phi) is 4.00. The number of anilines is 1. The van der Waals surface area contributed by atoms with Crippen LogP contribution in [0.1, 0.15) is 32.9 Å². The van der Waals surface area contributed by atoms with E-state index in [2.05, 4.69) is 48.1 Å². The largest absolute Gasteiger partial charge is 0.370 e. The van der Waals surface area contributed by atoms with Gasteiger partial charge in [-0.2, -0.15) is 0 Å². The maximum Gasteiger partial charge on any atom is 0.126 e. The number of nitrogens with zero attached hydrogens (tertiary/aromatic N) is 2. The molecular weight excluding hydrogens is 210 g/mol. The van der Waals surface area contributed by atoms with Crippen LogP contribution in [0.2, 0.25) is 0 Å². The Morgan fingerprint density at radius 1 is 1.41 bits per heavy atom. The second-order valence-corrected chi connectivity index (χ2v) is 5.16. The predicted molar refractivity (Wildman–Crippen MR) is 72.1 cm³/mol. The second kappa shape index (κ2) is 5.50. The van der Waals surface area contributed by atoms with E-state index >= 15 is 0 Å². The highest BCUT2D eigenvalue weighted by atomic mass is 15.2. The van der Waals surface area contributed by atoms with E-state index in [1.807, 2.05) is 6.07 Å². The fraction of sp³-hybridized carbons (Fsp3) is 0.643. The molecule has 3 heteroatoms. The Hall–Kier alpha value is -1.09. The molecule has 2 unspecified atom stereocenters. The van der Waals surface area contributed by atoms with E-state index in [1.54, 1.807) is 0 Å². The monoisotopic (exact) mass is 233 g/mol. The first kappa shape index (κ1) is 12.4. The minimum absolute atomic E-state index is 0.689. The van der Waals surface area contributed by atoms with Gasteiger partial charge in [-0.05, 0) is 38.3 Å². The summed E-state index contributed by atoms with van der Waals surface area (Å²) in [4.78, 5) is 7.16. The minimum atomic E-state index is 0.689. The molecule has 0 radical (unpaired) electrons. The SMILES string of the molecule is CCNc1cccc(CN2CC(C)CC2C)n1. The molecule has 1 N–H and O–H groups in total. The fourth-order valence-corrected chi connectivity index (χ4v) is 2.66. The van der Waals surface area contributed by atoms with Gasteiger partial charge in [0.05, 0.1) is 5.69 Å². The van der Waals surface area contributed by atoms with E-state index in [9.17, 15) is 0 Å². The van der Waals surface area contributed by atoms with Gasteiger partial charge in [0.2, 0.25) is 0 Å². The van der Waals surface area contributed by atoms with Crippen molar-refractivity contribution in [3.63, 3.8) is 0 Å². The van der Waals surface area contributed by atoms with Crippen molar-refractivity contribution in [1.82, 2.24) is 9.88 Å². The normalized spacial score (nSPS) is 25.1. The number of hydrogen-bond acceptors (Lipinski definition) is 3. The summed E-state index contributed by atoms with van der Waals surface area (Å²) in [5.41, 5.74) is 1.17. The van der Waals surface area contributed by atoms with Crippen LogP contribution in [-0.4, -0.2) is 29.0 Å². The van der Waals surface area contributed by atoms with Gasteiger partial charge in [0, 0.05) is 25.7 Å². The lowest BCUT2D eigenvalue weighted by atomic mass is 10.1. The smallest absolute Gasteiger partial charge is 0.126 e. The number of pyridine rings is 1. The Bertz CT molecular complexity index is 364. The maximum atomic E-state index is 4.63. The molecule has 0 aliphatic carbocycles. The maximum absolute atomic E-state index is 4.63. The van der Waals surface area contributed by atoms with Crippen LogP contribution < -0.4 is 5.32 Å². The molecule has 0 aromatic carbocycles. The number of aromatic nitrogens is 1. The topological polar surface area (TPSA) is 28.2 Å². The van der Waals surface area contributed by atoms with Crippen LogP contribution in [0.25, 0.3) is 0 Å². The minimum Gasteiger partial charge on any atom is -0.370 e. The van der Waals surface area contributed by atoms with Gasteiger partial charge in [0.25, 0.3) is 0 Å².